The van der Waals surface area contributed by atoms with E-state index in [1.165, 1.54) is 0 Å². The highest BCUT2D eigenvalue weighted by Gasteiger charge is 2.16. The maximum atomic E-state index is 12.5. The lowest BCUT2D eigenvalue weighted by atomic mass is 10.0. The number of benzene rings is 1. The van der Waals surface area contributed by atoms with E-state index in [4.69, 9.17) is 9.15 Å². The molecule has 3 aromatic rings. The molecule has 0 unspecified atom stereocenters. The number of hydrogen-bond donors (Lipinski definition) is 1. The van der Waals surface area contributed by atoms with Crippen molar-refractivity contribution in [1.29, 1.82) is 0 Å². The maximum absolute atomic E-state index is 12.5. The maximum Gasteiger partial charge on any atom is 0.412 e. The fourth-order valence-corrected chi connectivity index (χ4v) is 3.30. The van der Waals surface area contributed by atoms with Gasteiger partial charge in [-0.1, -0.05) is 31.0 Å². The third kappa shape index (κ3) is 8.18. The summed E-state index contributed by atoms with van der Waals surface area (Å²) in [4.78, 5) is 33.0. The number of nitrogens with one attached hydrogen (secondary N) is 1. The average Bonchev–Trinajstić information content (AvgIpc) is 3.24. The molecule has 0 aliphatic heterocycles. The molecule has 2 heterocycles. The smallest absolute Gasteiger partial charge is 0.412 e. The number of hydrogen-bond acceptors (Lipinski definition) is 6. The van der Waals surface area contributed by atoms with Crippen molar-refractivity contribution in [2.24, 2.45) is 0 Å². The van der Waals surface area contributed by atoms with E-state index in [1.54, 1.807) is 57.4 Å². The molecular weight excluding hydrogens is 418 g/mol. The van der Waals surface area contributed by atoms with Crippen LogP contribution in [0.2, 0.25) is 0 Å². The monoisotopic (exact) mass is 449 g/mol. The van der Waals surface area contributed by atoms with E-state index in [0.29, 0.717) is 29.3 Å². The normalized spacial score (nSPS) is 11.2. The summed E-state index contributed by atoms with van der Waals surface area (Å²) in [6.07, 6.45) is 7.85. The van der Waals surface area contributed by atoms with Crippen LogP contribution in [0.25, 0.3) is 11.5 Å². The largest absolute Gasteiger partial charge is 0.444 e. The van der Waals surface area contributed by atoms with Crippen molar-refractivity contribution in [1.82, 2.24) is 9.97 Å². The van der Waals surface area contributed by atoms with Gasteiger partial charge >= 0.3 is 6.09 Å². The highest BCUT2D eigenvalue weighted by atomic mass is 16.6. The molecule has 0 fully saturated rings. The summed E-state index contributed by atoms with van der Waals surface area (Å²) < 4.78 is 11.0. The zero-order chi connectivity index (χ0) is 23.7. The van der Waals surface area contributed by atoms with Gasteiger partial charge in [0.15, 0.2) is 17.4 Å². The van der Waals surface area contributed by atoms with Gasteiger partial charge in [-0.05, 0) is 57.9 Å². The van der Waals surface area contributed by atoms with Gasteiger partial charge in [-0.15, -0.1) is 0 Å². The molecule has 3 rings (SSSR count). The van der Waals surface area contributed by atoms with E-state index >= 15 is 0 Å². The molecular formula is C26H31N3O4. The van der Waals surface area contributed by atoms with Crippen molar-refractivity contribution >= 4 is 17.6 Å². The van der Waals surface area contributed by atoms with Gasteiger partial charge in [0.25, 0.3) is 0 Å². The van der Waals surface area contributed by atoms with Crippen molar-refractivity contribution in [3.8, 4) is 11.5 Å². The van der Waals surface area contributed by atoms with Crippen LogP contribution in [0.3, 0.4) is 0 Å². The number of nitrogens with zero attached hydrogens (tertiary/aromatic N) is 2. The summed E-state index contributed by atoms with van der Waals surface area (Å²) in [6, 6.07) is 12.6. The molecule has 0 radical (unpaired) electrons. The summed E-state index contributed by atoms with van der Waals surface area (Å²) in [6.45, 7) is 5.41. The second kappa shape index (κ2) is 11.4. The number of carbonyl (C=O) groups excluding carboxylic acids is 2. The number of carbonyl (C=O) groups is 2. The molecule has 1 aromatic carbocycles. The van der Waals surface area contributed by atoms with E-state index in [9.17, 15) is 9.59 Å². The minimum Gasteiger partial charge on any atom is -0.444 e. The van der Waals surface area contributed by atoms with Crippen LogP contribution in [0, 0.1) is 0 Å². The zero-order valence-electron chi connectivity index (χ0n) is 19.5. The molecule has 0 aliphatic rings. The Labute approximate surface area is 194 Å². The predicted octanol–water partition coefficient (Wildman–Crippen LogP) is 6.46. The van der Waals surface area contributed by atoms with Crippen LogP contribution in [-0.2, 0) is 11.2 Å². The molecule has 0 bridgehead atoms. The molecule has 0 saturated heterocycles. The summed E-state index contributed by atoms with van der Waals surface area (Å²) in [5.41, 5.74) is 1.34. The van der Waals surface area contributed by atoms with Gasteiger partial charge in [-0.3, -0.25) is 15.1 Å². The van der Waals surface area contributed by atoms with Gasteiger partial charge in [-0.2, -0.15) is 0 Å². The number of unbranched alkanes of at least 4 members (excludes halogenated alkanes) is 3. The van der Waals surface area contributed by atoms with E-state index < -0.39 is 11.7 Å². The lowest BCUT2D eigenvalue weighted by Crippen LogP contribution is -2.27. The Kier molecular flexibility index (Phi) is 8.35. The summed E-state index contributed by atoms with van der Waals surface area (Å²) in [7, 11) is 0. The number of ketones is 1. The zero-order valence-corrected chi connectivity index (χ0v) is 19.5. The lowest BCUT2D eigenvalue weighted by Gasteiger charge is -2.19. The van der Waals surface area contributed by atoms with Gasteiger partial charge in [0.2, 0.25) is 0 Å². The standard InChI is InChI=1S/C26H31N3O4/c1-26(2,3)33-25(31)29-20-12-10-11-19(17-20)22(30)14-6-4-5-7-15-24-28-18-23(32-24)21-13-8-9-16-27-21/h8-13,16-18H,4-7,14-15H2,1-3H3,(H,29,31). The van der Waals surface area contributed by atoms with Gasteiger partial charge in [-0.25, -0.2) is 9.78 Å². The SMILES string of the molecule is CC(C)(C)OC(=O)Nc1cccc(C(=O)CCCCCCc2ncc(-c3ccccn3)o2)c1. The first kappa shape index (κ1) is 24.2. The first-order valence-corrected chi connectivity index (χ1v) is 11.3. The fourth-order valence-electron chi connectivity index (χ4n) is 3.30. The number of pyridine rings is 1. The number of anilines is 1. The van der Waals surface area contributed by atoms with Crippen LogP contribution >= 0.6 is 0 Å². The van der Waals surface area contributed by atoms with Crippen molar-refractivity contribution in [2.75, 3.05) is 5.32 Å². The Morgan fingerprint density at radius 3 is 2.58 bits per heavy atom. The number of amides is 1. The molecule has 7 nitrogen and oxygen atoms in total. The molecule has 0 spiro atoms. The van der Waals surface area contributed by atoms with E-state index in [2.05, 4.69) is 15.3 Å². The molecule has 1 amide bonds. The van der Waals surface area contributed by atoms with Crippen LogP contribution in [-0.4, -0.2) is 27.4 Å². The van der Waals surface area contributed by atoms with E-state index in [-0.39, 0.29) is 5.78 Å². The third-order valence-electron chi connectivity index (χ3n) is 4.85. The number of aromatic nitrogens is 2. The highest BCUT2D eigenvalue weighted by Crippen LogP contribution is 2.19. The van der Waals surface area contributed by atoms with Crippen LogP contribution in [0.4, 0.5) is 10.5 Å². The third-order valence-corrected chi connectivity index (χ3v) is 4.85. The Balaban J connectivity index is 1.36. The van der Waals surface area contributed by atoms with Crippen molar-refractivity contribution in [2.45, 2.75) is 64.9 Å². The minimum absolute atomic E-state index is 0.0653. The molecule has 0 aliphatic carbocycles. The topological polar surface area (TPSA) is 94.3 Å². The second-order valence-electron chi connectivity index (χ2n) is 8.88. The molecule has 0 atom stereocenters. The van der Waals surface area contributed by atoms with Crippen LogP contribution in [0.1, 0.15) is 69.1 Å². The predicted molar refractivity (Wildman–Crippen MR) is 127 cm³/mol. The number of ether oxygens (including phenoxy) is 1. The quantitative estimate of drug-likeness (QED) is 0.282. The molecule has 2 aromatic heterocycles. The van der Waals surface area contributed by atoms with E-state index in [1.807, 2.05) is 18.2 Å². The molecule has 0 saturated carbocycles. The molecule has 1 N–H and O–H groups in total. The van der Waals surface area contributed by atoms with Crippen LogP contribution in [0.5, 0.6) is 0 Å². The van der Waals surface area contributed by atoms with Crippen LogP contribution < -0.4 is 5.32 Å². The molecule has 7 heteroatoms. The number of Topliss-reactive ketones (excluding diaryl/α,β-unsaturated/α-hetero) is 1. The van der Waals surface area contributed by atoms with Gasteiger partial charge in [0, 0.05) is 30.3 Å². The van der Waals surface area contributed by atoms with Gasteiger partial charge in [0.1, 0.15) is 11.3 Å². The van der Waals surface area contributed by atoms with Crippen molar-refractivity contribution in [3.63, 3.8) is 0 Å². The summed E-state index contributed by atoms with van der Waals surface area (Å²) in [5, 5.41) is 2.67. The average molecular weight is 450 g/mol. The fraction of sp³-hybridized carbons (Fsp3) is 0.385. The first-order chi connectivity index (χ1) is 15.8. The number of rotatable bonds is 10. The number of oxazole rings is 1. The second-order valence-corrected chi connectivity index (χ2v) is 8.88. The molecule has 174 valence electrons. The lowest BCUT2D eigenvalue weighted by molar-refractivity contribution is 0.0635. The van der Waals surface area contributed by atoms with Crippen molar-refractivity contribution < 1.29 is 18.7 Å². The van der Waals surface area contributed by atoms with E-state index in [0.717, 1.165) is 37.8 Å². The summed E-state index contributed by atoms with van der Waals surface area (Å²) in [5.74, 6) is 1.45. The Hall–Kier alpha value is -3.48. The van der Waals surface area contributed by atoms with Crippen LogP contribution in [0.15, 0.2) is 59.3 Å². The van der Waals surface area contributed by atoms with Gasteiger partial charge in [0.05, 0.1) is 6.20 Å². The van der Waals surface area contributed by atoms with Crippen molar-refractivity contribution in [3.05, 3.63) is 66.3 Å². The molecule has 33 heavy (non-hydrogen) atoms. The highest BCUT2D eigenvalue weighted by molar-refractivity contribution is 5.97. The minimum atomic E-state index is -0.577. The first-order valence-electron chi connectivity index (χ1n) is 11.3. The summed E-state index contributed by atoms with van der Waals surface area (Å²) >= 11 is 0. The van der Waals surface area contributed by atoms with Gasteiger partial charge < -0.3 is 9.15 Å². The Morgan fingerprint density at radius 1 is 1.00 bits per heavy atom. The Morgan fingerprint density at radius 2 is 1.82 bits per heavy atom. The number of aryl methyl sites for hydroxylation is 1. The Bertz CT molecular complexity index is 1050.